The van der Waals surface area contributed by atoms with E-state index in [1.807, 2.05) is 6.92 Å². The number of nitrogens with zero attached hydrogens (tertiary/aromatic N) is 3. The molecule has 3 rings (SSSR count). The molecule has 2 aromatic rings. The van der Waals surface area contributed by atoms with E-state index in [-0.39, 0.29) is 11.7 Å². The summed E-state index contributed by atoms with van der Waals surface area (Å²) >= 11 is 0. The summed E-state index contributed by atoms with van der Waals surface area (Å²) in [6, 6.07) is 6.09. The first-order valence-corrected chi connectivity index (χ1v) is 8.26. The van der Waals surface area contributed by atoms with Crippen molar-refractivity contribution in [3.8, 4) is 0 Å². The number of carbonyl (C=O) groups is 1. The first-order valence-electron chi connectivity index (χ1n) is 8.26. The number of allylic oxidation sites excluding steroid dienone is 1. The Balaban J connectivity index is 1.62. The lowest BCUT2D eigenvalue weighted by atomic mass is 10.1. The number of amides is 1. The van der Waals surface area contributed by atoms with Crippen LogP contribution in [0.15, 0.2) is 30.3 Å². The molecule has 5 nitrogen and oxygen atoms in total. The van der Waals surface area contributed by atoms with Crippen LogP contribution >= 0.6 is 0 Å². The zero-order valence-electron chi connectivity index (χ0n) is 13.8. The van der Waals surface area contributed by atoms with Crippen molar-refractivity contribution in [2.75, 3.05) is 0 Å². The van der Waals surface area contributed by atoms with Crippen LogP contribution < -0.4 is 5.32 Å². The van der Waals surface area contributed by atoms with Gasteiger partial charge in [0, 0.05) is 19.0 Å². The molecule has 1 aliphatic heterocycles. The number of carbonyl (C=O) groups excluding carboxylic acids is 1. The summed E-state index contributed by atoms with van der Waals surface area (Å²) in [4.78, 5) is 12.1. The molecule has 2 heterocycles. The lowest BCUT2D eigenvalue weighted by Gasteiger charge is -2.07. The van der Waals surface area contributed by atoms with Gasteiger partial charge in [-0.2, -0.15) is 0 Å². The quantitative estimate of drug-likeness (QED) is 0.878. The number of hydrogen-bond donors (Lipinski definition) is 1. The fourth-order valence-corrected chi connectivity index (χ4v) is 2.89. The normalized spacial score (nSPS) is 14.8. The van der Waals surface area contributed by atoms with Gasteiger partial charge in [0.15, 0.2) is 5.82 Å². The summed E-state index contributed by atoms with van der Waals surface area (Å²) in [6.45, 7) is 3.10. The maximum Gasteiger partial charge on any atom is 0.244 e. The molecule has 0 atom stereocenters. The van der Waals surface area contributed by atoms with Gasteiger partial charge < -0.3 is 9.88 Å². The van der Waals surface area contributed by atoms with Crippen molar-refractivity contribution < 1.29 is 9.18 Å². The summed E-state index contributed by atoms with van der Waals surface area (Å²) in [7, 11) is 0. The van der Waals surface area contributed by atoms with E-state index in [2.05, 4.69) is 20.1 Å². The number of fused-ring (bicyclic) bond motifs is 1. The molecule has 0 aliphatic carbocycles. The molecule has 0 unspecified atom stereocenters. The van der Waals surface area contributed by atoms with Crippen LogP contribution in [0.1, 0.15) is 43.4 Å². The maximum absolute atomic E-state index is 12.9. The highest BCUT2D eigenvalue weighted by molar-refractivity contribution is 5.94. The van der Waals surface area contributed by atoms with E-state index in [9.17, 15) is 9.18 Å². The summed E-state index contributed by atoms with van der Waals surface area (Å²) in [6.07, 6.45) is 5.94. The number of hydrogen-bond acceptors (Lipinski definition) is 3. The number of benzene rings is 1. The highest BCUT2D eigenvalue weighted by atomic mass is 19.1. The molecule has 1 N–H and O–H groups in total. The fraction of sp³-hybridized carbons (Fsp3) is 0.389. The fourth-order valence-electron chi connectivity index (χ4n) is 2.89. The van der Waals surface area contributed by atoms with Crippen molar-refractivity contribution in [2.45, 2.75) is 45.7 Å². The molecule has 6 heteroatoms. The Morgan fingerprint density at radius 2 is 2.04 bits per heavy atom. The molecule has 0 fully saturated rings. The Bertz CT molecular complexity index is 749. The molecule has 0 spiro atoms. The Kier molecular flexibility index (Phi) is 5.03. The van der Waals surface area contributed by atoms with E-state index in [0.717, 1.165) is 48.6 Å². The van der Waals surface area contributed by atoms with Gasteiger partial charge in [-0.1, -0.05) is 18.6 Å². The van der Waals surface area contributed by atoms with E-state index in [0.29, 0.717) is 6.54 Å². The summed E-state index contributed by atoms with van der Waals surface area (Å²) in [5, 5.41) is 11.3. The van der Waals surface area contributed by atoms with Gasteiger partial charge in [-0.15, -0.1) is 10.2 Å². The van der Waals surface area contributed by atoms with Crippen LogP contribution in [0.3, 0.4) is 0 Å². The monoisotopic (exact) mass is 328 g/mol. The summed E-state index contributed by atoms with van der Waals surface area (Å²) in [5.41, 5.74) is 1.61. The molecule has 1 aromatic carbocycles. The average Bonchev–Trinajstić information content (AvgIpc) is 2.80. The minimum atomic E-state index is -0.288. The van der Waals surface area contributed by atoms with Crippen molar-refractivity contribution in [2.24, 2.45) is 0 Å². The number of aromatic nitrogens is 3. The molecule has 0 saturated carbocycles. The number of nitrogens with one attached hydrogen (secondary N) is 1. The minimum absolute atomic E-state index is 0.192. The number of aryl methyl sites for hydroxylation is 1. The second kappa shape index (κ2) is 7.38. The van der Waals surface area contributed by atoms with Gasteiger partial charge in [0.1, 0.15) is 11.6 Å². The summed E-state index contributed by atoms with van der Waals surface area (Å²) < 4.78 is 15.1. The minimum Gasteiger partial charge on any atom is -0.345 e. The lowest BCUT2D eigenvalue weighted by Crippen LogP contribution is -2.23. The molecule has 0 bridgehead atoms. The highest BCUT2D eigenvalue weighted by Gasteiger charge is 2.14. The smallest absolute Gasteiger partial charge is 0.244 e. The SMILES string of the molecule is C/C(=C/C(=O)NCc1nnc2n1CCCCC2)c1ccc(F)cc1. The number of rotatable bonds is 4. The van der Waals surface area contributed by atoms with E-state index >= 15 is 0 Å². The molecule has 24 heavy (non-hydrogen) atoms. The number of halogens is 1. The Hall–Kier alpha value is -2.50. The zero-order chi connectivity index (χ0) is 16.9. The van der Waals surface area contributed by atoms with Crippen molar-refractivity contribution in [3.05, 3.63) is 53.4 Å². The topological polar surface area (TPSA) is 59.8 Å². The zero-order valence-corrected chi connectivity index (χ0v) is 13.8. The van der Waals surface area contributed by atoms with Crippen LogP contribution in [0.25, 0.3) is 5.57 Å². The van der Waals surface area contributed by atoms with Crippen molar-refractivity contribution in [3.63, 3.8) is 0 Å². The average molecular weight is 328 g/mol. The van der Waals surface area contributed by atoms with E-state index in [4.69, 9.17) is 0 Å². The highest BCUT2D eigenvalue weighted by Crippen LogP contribution is 2.15. The van der Waals surface area contributed by atoms with Gasteiger partial charge in [-0.25, -0.2) is 4.39 Å². The van der Waals surface area contributed by atoms with Crippen LogP contribution in [0.5, 0.6) is 0 Å². The third-order valence-corrected chi connectivity index (χ3v) is 4.25. The largest absolute Gasteiger partial charge is 0.345 e. The van der Waals surface area contributed by atoms with Crippen LogP contribution in [0.2, 0.25) is 0 Å². The summed E-state index contributed by atoms with van der Waals surface area (Å²) in [5.74, 6) is 1.33. The second-order valence-electron chi connectivity index (χ2n) is 6.05. The Labute approximate surface area is 140 Å². The molecular weight excluding hydrogens is 307 g/mol. The predicted octanol–water partition coefficient (Wildman–Crippen LogP) is 2.86. The van der Waals surface area contributed by atoms with Gasteiger partial charge in [0.05, 0.1) is 6.54 Å². The third kappa shape index (κ3) is 3.88. The van der Waals surface area contributed by atoms with Crippen LogP contribution in [-0.2, 0) is 24.3 Å². The third-order valence-electron chi connectivity index (χ3n) is 4.25. The standard InChI is InChI=1S/C18H21FN4O/c1-13(14-6-8-15(19)9-7-14)11-18(24)20-12-17-22-21-16-5-3-2-4-10-23(16)17/h6-9,11H,2-5,10,12H2,1H3,(H,20,24)/b13-11-. The van der Waals surface area contributed by atoms with Gasteiger partial charge in [0.25, 0.3) is 0 Å². The van der Waals surface area contributed by atoms with E-state index < -0.39 is 0 Å². The molecule has 1 aromatic heterocycles. The Morgan fingerprint density at radius 1 is 1.25 bits per heavy atom. The van der Waals surface area contributed by atoms with Crippen molar-refractivity contribution in [1.82, 2.24) is 20.1 Å². The van der Waals surface area contributed by atoms with E-state index in [1.54, 1.807) is 12.1 Å². The Morgan fingerprint density at radius 3 is 2.83 bits per heavy atom. The molecule has 0 radical (unpaired) electrons. The van der Waals surface area contributed by atoms with Crippen molar-refractivity contribution in [1.29, 1.82) is 0 Å². The molecule has 1 aliphatic rings. The molecular formula is C18H21FN4O. The first kappa shape index (κ1) is 16.4. The van der Waals surface area contributed by atoms with E-state index in [1.165, 1.54) is 24.6 Å². The van der Waals surface area contributed by atoms with Gasteiger partial charge in [-0.05, 0) is 43.0 Å². The van der Waals surface area contributed by atoms with Gasteiger partial charge in [0.2, 0.25) is 5.91 Å². The molecule has 0 saturated heterocycles. The van der Waals surface area contributed by atoms with Crippen LogP contribution in [0, 0.1) is 5.82 Å². The van der Waals surface area contributed by atoms with Gasteiger partial charge in [-0.3, -0.25) is 4.79 Å². The predicted molar refractivity (Wildman–Crippen MR) is 89.5 cm³/mol. The van der Waals surface area contributed by atoms with Gasteiger partial charge >= 0.3 is 0 Å². The first-order chi connectivity index (χ1) is 11.6. The molecule has 126 valence electrons. The van der Waals surface area contributed by atoms with Crippen LogP contribution in [-0.4, -0.2) is 20.7 Å². The van der Waals surface area contributed by atoms with Crippen LogP contribution in [0.4, 0.5) is 4.39 Å². The maximum atomic E-state index is 12.9. The lowest BCUT2D eigenvalue weighted by molar-refractivity contribution is -0.116. The second-order valence-corrected chi connectivity index (χ2v) is 6.05. The molecule has 1 amide bonds. The van der Waals surface area contributed by atoms with Crippen molar-refractivity contribution >= 4 is 11.5 Å².